The van der Waals surface area contributed by atoms with E-state index in [1.165, 1.54) is 6.07 Å². The monoisotopic (exact) mass is 355 g/mol. The van der Waals surface area contributed by atoms with Crippen LogP contribution >= 0.6 is 0 Å². The highest BCUT2D eigenvalue weighted by Crippen LogP contribution is 2.38. The van der Waals surface area contributed by atoms with Crippen molar-refractivity contribution in [3.05, 3.63) is 52.6 Å². The number of hydrogen-bond donors (Lipinski definition) is 3. The van der Waals surface area contributed by atoms with Gasteiger partial charge in [-0.25, -0.2) is 9.59 Å². The van der Waals surface area contributed by atoms with E-state index in [0.29, 0.717) is 35.0 Å². The molecular formula is C20H21NO5. The van der Waals surface area contributed by atoms with Crippen molar-refractivity contribution in [2.24, 2.45) is 11.7 Å². The van der Waals surface area contributed by atoms with Crippen LogP contribution in [0, 0.1) is 12.8 Å². The number of carbonyl (C=O) groups is 2. The Bertz CT molecular complexity index is 871. The van der Waals surface area contributed by atoms with Crippen LogP contribution in [0.1, 0.15) is 44.7 Å². The van der Waals surface area contributed by atoms with E-state index in [2.05, 4.69) is 0 Å². The number of benzene rings is 2. The van der Waals surface area contributed by atoms with Crippen LogP contribution in [0.4, 0.5) is 0 Å². The Labute approximate surface area is 151 Å². The van der Waals surface area contributed by atoms with Crippen LogP contribution in [-0.4, -0.2) is 28.8 Å². The molecule has 1 saturated carbocycles. The predicted molar refractivity (Wildman–Crippen MR) is 96.6 cm³/mol. The van der Waals surface area contributed by atoms with Gasteiger partial charge in [-0.05, 0) is 55.0 Å². The Kier molecular flexibility index (Phi) is 4.95. The molecule has 6 heteroatoms. The summed E-state index contributed by atoms with van der Waals surface area (Å²) in [5.74, 6) is -1.24. The zero-order chi connectivity index (χ0) is 18.8. The molecule has 0 radical (unpaired) electrons. The first-order valence-corrected chi connectivity index (χ1v) is 8.48. The number of ether oxygens (including phenoxy) is 1. The molecule has 0 atom stereocenters. The van der Waals surface area contributed by atoms with Gasteiger partial charge in [0.1, 0.15) is 5.75 Å². The van der Waals surface area contributed by atoms with Gasteiger partial charge in [0.15, 0.2) is 0 Å². The predicted octanol–water partition coefficient (Wildman–Crippen LogP) is 3.31. The van der Waals surface area contributed by atoms with Crippen LogP contribution in [-0.2, 0) is 6.54 Å². The largest absolute Gasteiger partial charge is 0.493 e. The van der Waals surface area contributed by atoms with Gasteiger partial charge < -0.3 is 20.7 Å². The fraction of sp³-hybridized carbons (Fsp3) is 0.300. The van der Waals surface area contributed by atoms with Crippen molar-refractivity contribution in [1.82, 2.24) is 0 Å². The molecule has 0 bridgehead atoms. The Hall–Kier alpha value is -2.86. The Morgan fingerprint density at radius 2 is 1.85 bits per heavy atom. The van der Waals surface area contributed by atoms with E-state index in [-0.39, 0.29) is 17.7 Å². The lowest BCUT2D eigenvalue weighted by molar-refractivity contribution is 0.0695. The summed E-state index contributed by atoms with van der Waals surface area (Å²) in [6.45, 7) is 2.44. The third-order valence-corrected chi connectivity index (χ3v) is 4.60. The zero-order valence-electron chi connectivity index (χ0n) is 14.5. The van der Waals surface area contributed by atoms with Gasteiger partial charge in [-0.15, -0.1) is 0 Å². The van der Waals surface area contributed by atoms with Crippen LogP contribution < -0.4 is 10.5 Å². The standard InChI is InChI=1S/C20H21NO5/c1-11-7-15(16(20(24)25)8-14(11)19(22)23)18-13(9-21)3-2-4-17(18)26-10-12-5-6-12/h2-4,7-8,12H,5-6,9-10,21H2,1H3,(H,22,23)(H,24,25). The lowest BCUT2D eigenvalue weighted by atomic mass is 9.90. The van der Waals surface area contributed by atoms with E-state index < -0.39 is 11.9 Å². The molecule has 1 aliphatic rings. The quantitative estimate of drug-likeness (QED) is 0.703. The van der Waals surface area contributed by atoms with Crippen molar-refractivity contribution >= 4 is 11.9 Å². The lowest BCUT2D eigenvalue weighted by Gasteiger charge is -2.18. The van der Waals surface area contributed by atoms with Crippen molar-refractivity contribution in [2.45, 2.75) is 26.3 Å². The molecule has 3 rings (SSSR count). The first-order chi connectivity index (χ1) is 12.4. The summed E-state index contributed by atoms with van der Waals surface area (Å²) >= 11 is 0. The molecule has 0 aromatic heterocycles. The maximum atomic E-state index is 11.8. The minimum Gasteiger partial charge on any atom is -0.493 e. The highest BCUT2D eigenvalue weighted by Gasteiger charge is 2.25. The molecule has 1 aliphatic carbocycles. The molecule has 0 heterocycles. The van der Waals surface area contributed by atoms with Gasteiger partial charge in [0, 0.05) is 17.7 Å². The molecule has 26 heavy (non-hydrogen) atoms. The molecule has 0 amide bonds. The topological polar surface area (TPSA) is 110 Å². The normalized spacial score (nSPS) is 13.5. The number of aromatic carboxylic acids is 2. The maximum absolute atomic E-state index is 11.8. The number of carboxylic acids is 2. The van der Waals surface area contributed by atoms with Crippen LogP contribution in [0.2, 0.25) is 0 Å². The Morgan fingerprint density at radius 1 is 1.15 bits per heavy atom. The van der Waals surface area contributed by atoms with Gasteiger partial charge >= 0.3 is 11.9 Å². The minimum absolute atomic E-state index is 0.0307. The van der Waals surface area contributed by atoms with Crippen molar-refractivity contribution in [3.63, 3.8) is 0 Å². The highest BCUT2D eigenvalue weighted by atomic mass is 16.5. The lowest BCUT2D eigenvalue weighted by Crippen LogP contribution is -2.10. The number of rotatable bonds is 7. The second-order valence-corrected chi connectivity index (χ2v) is 6.57. The second-order valence-electron chi connectivity index (χ2n) is 6.57. The van der Waals surface area contributed by atoms with Crippen molar-refractivity contribution < 1.29 is 24.5 Å². The van der Waals surface area contributed by atoms with Gasteiger partial charge in [0.25, 0.3) is 0 Å². The first kappa shape index (κ1) is 17.9. The molecule has 0 aliphatic heterocycles. The minimum atomic E-state index is -1.19. The Morgan fingerprint density at radius 3 is 2.42 bits per heavy atom. The maximum Gasteiger partial charge on any atom is 0.336 e. The highest BCUT2D eigenvalue weighted by molar-refractivity contribution is 6.01. The van der Waals surface area contributed by atoms with E-state index >= 15 is 0 Å². The summed E-state index contributed by atoms with van der Waals surface area (Å²) in [7, 11) is 0. The fourth-order valence-electron chi connectivity index (χ4n) is 2.99. The molecule has 4 N–H and O–H groups in total. The number of carboxylic acid groups (broad SMARTS) is 2. The summed E-state index contributed by atoms with van der Waals surface area (Å²) in [4.78, 5) is 23.2. The van der Waals surface area contributed by atoms with Gasteiger partial charge in [-0.1, -0.05) is 12.1 Å². The number of aryl methyl sites for hydroxylation is 1. The average molecular weight is 355 g/mol. The molecule has 2 aromatic rings. The van der Waals surface area contributed by atoms with Crippen LogP contribution in [0.5, 0.6) is 5.75 Å². The Balaban J connectivity index is 2.19. The summed E-state index contributed by atoms with van der Waals surface area (Å²) in [6, 6.07) is 8.24. The molecule has 0 saturated heterocycles. The molecule has 0 unspecified atom stereocenters. The third-order valence-electron chi connectivity index (χ3n) is 4.60. The smallest absolute Gasteiger partial charge is 0.336 e. The number of nitrogens with two attached hydrogens (primary N) is 1. The van der Waals surface area contributed by atoms with Gasteiger partial charge in [-0.3, -0.25) is 0 Å². The molecule has 2 aromatic carbocycles. The van der Waals surface area contributed by atoms with Crippen LogP contribution in [0.25, 0.3) is 11.1 Å². The van der Waals surface area contributed by atoms with Crippen LogP contribution in [0.15, 0.2) is 30.3 Å². The molecule has 136 valence electrons. The van der Waals surface area contributed by atoms with Crippen LogP contribution in [0.3, 0.4) is 0 Å². The van der Waals surface area contributed by atoms with E-state index in [9.17, 15) is 19.8 Å². The molecule has 6 nitrogen and oxygen atoms in total. The van der Waals surface area contributed by atoms with E-state index in [0.717, 1.165) is 18.4 Å². The van der Waals surface area contributed by atoms with Crippen molar-refractivity contribution in [3.8, 4) is 16.9 Å². The van der Waals surface area contributed by atoms with Crippen molar-refractivity contribution in [2.75, 3.05) is 6.61 Å². The van der Waals surface area contributed by atoms with Gasteiger partial charge in [0.2, 0.25) is 0 Å². The molecule has 0 spiro atoms. The fourth-order valence-corrected chi connectivity index (χ4v) is 2.99. The van der Waals surface area contributed by atoms with Gasteiger partial charge in [-0.2, -0.15) is 0 Å². The van der Waals surface area contributed by atoms with E-state index in [4.69, 9.17) is 10.5 Å². The summed E-state index contributed by atoms with van der Waals surface area (Å²) in [5, 5.41) is 18.9. The van der Waals surface area contributed by atoms with E-state index in [1.54, 1.807) is 19.1 Å². The van der Waals surface area contributed by atoms with Gasteiger partial charge in [0.05, 0.1) is 17.7 Å². The van der Waals surface area contributed by atoms with Crippen molar-refractivity contribution in [1.29, 1.82) is 0 Å². The zero-order valence-corrected chi connectivity index (χ0v) is 14.5. The summed E-state index contributed by atoms with van der Waals surface area (Å²) in [6.07, 6.45) is 2.28. The first-order valence-electron chi connectivity index (χ1n) is 8.48. The molecule has 1 fully saturated rings. The summed E-state index contributed by atoms with van der Waals surface area (Å²) in [5.41, 5.74) is 8.04. The third kappa shape index (κ3) is 3.55. The average Bonchev–Trinajstić information content (AvgIpc) is 3.43. The second kappa shape index (κ2) is 7.17. The van der Waals surface area contributed by atoms with E-state index in [1.807, 2.05) is 12.1 Å². The summed E-state index contributed by atoms with van der Waals surface area (Å²) < 4.78 is 5.95. The molecular weight excluding hydrogens is 334 g/mol. The SMILES string of the molecule is Cc1cc(-c2c(CN)cccc2OCC2CC2)c(C(=O)O)cc1C(=O)O. The number of hydrogen-bond acceptors (Lipinski definition) is 4.